The fourth-order valence-electron chi connectivity index (χ4n) is 2.80. The summed E-state index contributed by atoms with van der Waals surface area (Å²) < 4.78 is 11.7. The van der Waals surface area contributed by atoms with Crippen LogP contribution in [0.4, 0.5) is 11.4 Å². The smallest absolute Gasteiger partial charge is 0.306 e. The highest BCUT2D eigenvalue weighted by Gasteiger charge is 2.10. The van der Waals surface area contributed by atoms with Crippen LogP contribution in [0.25, 0.3) is 0 Å². The Labute approximate surface area is 200 Å². The van der Waals surface area contributed by atoms with E-state index in [4.69, 9.17) is 9.47 Å². The van der Waals surface area contributed by atoms with Crippen LogP contribution in [0.2, 0.25) is 0 Å². The molecule has 33 heavy (non-hydrogen) atoms. The predicted octanol–water partition coefficient (Wildman–Crippen LogP) is 5.53. The van der Waals surface area contributed by atoms with Crippen LogP contribution in [0.15, 0.2) is 83.3 Å². The van der Waals surface area contributed by atoms with E-state index in [1.165, 1.54) is 0 Å². The molecule has 0 heterocycles. The Morgan fingerprint density at radius 2 is 1.27 bits per heavy atom. The average Bonchev–Trinajstić information content (AvgIpc) is 2.81. The van der Waals surface area contributed by atoms with Crippen LogP contribution < -0.4 is 15.4 Å². The lowest BCUT2D eigenvalue weighted by Gasteiger charge is -2.09. The fraction of sp³-hybridized carbons (Fsp3) is 0.160. The van der Waals surface area contributed by atoms with Gasteiger partial charge in [-0.05, 0) is 67.1 Å². The van der Waals surface area contributed by atoms with Crippen molar-refractivity contribution in [1.29, 1.82) is 0 Å². The molecule has 0 saturated carbocycles. The number of nitrogens with one attached hydrogen (secondary N) is 2. The number of amides is 2. The normalized spacial score (nSPS) is 10.2. The highest BCUT2D eigenvalue weighted by Crippen LogP contribution is 2.24. The molecule has 0 spiro atoms. The summed E-state index contributed by atoms with van der Waals surface area (Å²) in [6, 6.07) is 23.4. The summed E-state index contributed by atoms with van der Waals surface area (Å²) in [7, 11) is 0. The highest BCUT2D eigenvalue weighted by molar-refractivity contribution is 9.10. The number of para-hydroxylation sites is 1. The van der Waals surface area contributed by atoms with Crippen molar-refractivity contribution in [3.63, 3.8) is 0 Å². The topological polar surface area (TPSA) is 93.7 Å². The van der Waals surface area contributed by atoms with E-state index >= 15 is 0 Å². The van der Waals surface area contributed by atoms with Crippen molar-refractivity contribution < 1.29 is 23.9 Å². The molecule has 7 nitrogen and oxygen atoms in total. The van der Waals surface area contributed by atoms with Gasteiger partial charge in [-0.15, -0.1) is 0 Å². The minimum atomic E-state index is -0.527. The van der Waals surface area contributed by atoms with Crippen molar-refractivity contribution in [3.05, 3.63) is 83.3 Å². The second kappa shape index (κ2) is 12.4. The molecule has 0 bridgehead atoms. The van der Waals surface area contributed by atoms with E-state index in [0.717, 1.165) is 4.47 Å². The molecule has 0 aliphatic carbocycles. The number of rotatable bonds is 10. The van der Waals surface area contributed by atoms with E-state index in [9.17, 15) is 14.4 Å². The SMILES string of the molecule is O=C(CCCC(=O)OCC(=O)Nc1ccccc1)Nc1ccc(Oc2ccc(Br)cc2)cc1. The van der Waals surface area contributed by atoms with Crippen LogP contribution in [0, 0.1) is 0 Å². The Morgan fingerprint density at radius 1 is 0.697 bits per heavy atom. The van der Waals surface area contributed by atoms with Gasteiger partial charge in [-0.25, -0.2) is 0 Å². The molecule has 3 aromatic carbocycles. The number of carbonyl (C=O) groups excluding carboxylic acids is 3. The first-order chi connectivity index (χ1) is 16.0. The first-order valence-corrected chi connectivity index (χ1v) is 11.1. The third kappa shape index (κ3) is 8.78. The van der Waals surface area contributed by atoms with Crippen LogP contribution in [-0.4, -0.2) is 24.4 Å². The number of anilines is 2. The number of hydrogen-bond donors (Lipinski definition) is 2. The van der Waals surface area contributed by atoms with Crippen molar-refractivity contribution in [2.24, 2.45) is 0 Å². The van der Waals surface area contributed by atoms with E-state index in [1.807, 2.05) is 30.3 Å². The molecule has 2 N–H and O–H groups in total. The van der Waals surface area contributed by atoms with Crippen LogP contribution in [0.3, 0.4) is 0 Å². The Kier molecular flexibility index (Phi) is 9.02. The minimum absolute atomic E-state index is 0.0476. The van der Waals surface area contributed by atoms with Gasteiger partial charge in [0.25, 0.3) is 5.91 Å². The minimum Gasteiger partial charge on any atom is -0.457 e. The average molecular weight is 511 g/mol. The van der Waals surface area contributed by atoms with Crippen molar-refractivity contribution in [2.45, 2.75) is 19.3 Å². The zero-order chi connectivity index (χ0) is 23.5. The van der Waals surface area contributed by atoms with Crippen LogP contribution in [0.1, 0.15) is 19.3 Å². The van der Waals surface area contributed by atoms with Gasteiger partial charge < -0.3 is 20.1 Å². The lowest BCUT2D eigenvalue weighted by atomic mass is 10.2. The Hall–Kier alpha value is -3.65. The molecule has 0 atom stereocenters. The van der Waals surface area contributed by atoms with E-state index in [1.54, 1.807) is 48.5 Å². The summed E-state index contributed by atoms with van der Waals surface area (Å²) in [6.45, 7) is -0.366. The molecule has 3 rings (SSSR count). The molecular weight excluding hydrogens is 488 g/mol. The van der Waals surface area contributed by atoms with E-state index in [-0.39, 0.29) is 25.4 Å². The van der Waals surface area contributed by atoms with Crippen molar-refractivity contribution in [2.75, 3.05) is 17.2 Å². The Bertz CT molecular complexity index is 1070. The summed E-state index contributed by atoms with van der Waals surface area (Å²) in [4.78, 5) is 35.7. The molecule has 170 valence electrons. The maximum Gasteiger partial charge on any atom is 0.306 e. The lowest BCUT2D eigenvalue weighted by molar-refractivity contribution is -0.147. The second-order valence-corrected chi connectivity index (χ2v) is 7.97. The lowest BCUT2D eigenvalue weighted by Crippen LogP contribution is -2.21. The predicted molar refractivity (Wildman–Crippen MR) is 129 cm³/mol. The number of halogens is 1. The molecule has 0 aliphatic heterocycles. The summed E-state index contributed by atoms with van der Waals surface area (Å²) >= 11 is 3.38. The second-order valence-electron chi connectivity index (χ2n) is 7.06. The third-order valence-corrected chi connectivity index (χ3v) is 4.92. The van der Waals surface area contributed by atoms with Gasteiger partial charge in [-0.1, -0.05) is 34.1 Å². The largest absolute Gasteiger partial charge is 0.457 e. The third-order valence-electron chi connectivity index (χ3n) is 4.39. The Morgan fingerprint density at radius 3 is 1.94 bits per heavy atom. The molecule has 3 aromatic rings. The van der Waals surface area contributed by atoms with Crippen molar-refractivity contribution in [1.82, 2.24) is 0 Å². The van der Waals surface area contributed by atoms with Crippen LogP contribution in [-0.2, 0) is 19.1 Å². The highest BCUT2D eigenvalue weighted by atomic mass is 79.9. The van der Waals surface area contributed by atoms with Gasteiger partial charge in [0.2, 0.25) is 5.91 Å². The van der Waals surface area contributed by atoms with Crippen molar-refractivity contribution in [3.8, 4) is 11.5 Å². The first-order valence-electron chi connectivity index (χ1n) is 10.3. The van der Waals surface area contributed by atoms with Gasteiger partial charge in [-0.3, -0.25) is 14.4 Å². The Balaban J connectivity index is 1.32. The standard InChI is InChI=1S/C25H23BrN2O5/c26-18-9-13-21(14-10-18)33-22-15-11-20(12-16-22)27-23(29)7-4-8-25(31)32-17-24(30)28-19-5-2-1-3-6-19/h1-3,5-6,9-16H,4,7-8,17H2,(H,27,29)(H,28,30). The molecule has 0 aromatic heterocycles. The van der Waals surface area contributed by atoms with Crippen LogP contribution in [0.5, 0.6) is 11.5 Å². The molecule has 0 fully saturated rings. The van der Waals surface area contributed by atoms with Gasteiger partial charge in [0.05, 0.1) is 0 Å². The summed E-state index contributed by atoms with van der Waals surface area (Å²) in [5.74, 6) is 0.195. The molecule has 0 aliphatic rings. The van der Waals surface area contributed by atoms with E-state index in [2.05, 4.69) is 26.6 Å². The fourth-order valence-corrected chi connectivity index (χ4v) is 3.06. The molecule has 8 heteroatoms. The zero-order valence-electron chi connectivity index (χ0n) is 17.8. The number of esters is 1. The summed E-state index contributed by atoms with van der Waals surface area (Å²) in [5.41, 5.74) is 1.26. The number of carbonyl (C=O) groups is 3. The zero-order valence-corrected chi connectivity index (χ0v) is 19.3. The van der Waals surface area contributed by atoms with Crippen molar-refractivity contribution >= 4 is 45.1 Å². The van der Waals surface area contributed by atoms with E-state index in [0.29, 0.717) is 29.3 Å². The maximum atomic E-state index is 12.1. The maximum absolute atomic E-state index is 12.1. The summed E-state index contributed by atoms with van der Waals surface area (Å²) in [6.07, 6.45) is 0.518. The van der Waals surface area contributed by atoms with Gasteiger partial charge in [0.1, 0.15) is 11.5 Å². The molecular formula is C25H23BrN2O5. The molecule has 0 unspecified atom stereocenters. The first kappa shape index (κ1) is 24.0. The number of hydrogen-bond acceptors (Lipinski definition) is 5. The molecule has 2 amide bonds. The molecule has 0 radical (unpaired) electrons. The monoisotopic (exact) mass is 510 g/mol. The quantitative estimate of drug-likeness (QED) is 0.349. The van der Waals surface area contributed by atoms with Gasteiger partial charge in [0, 0.05) is 28.7 Å². The number of ether oxygens (including phenoxy) is 2. The number of benzene rings is 3. The van der Waals surface area contributed by atoms with Gasteiger partial charge >= 0.3 is 5.97 Å². The van der Waals surface area contributed by atoms with Gasteiger partial charge in [-0.2, -0.15) is 0 Å². The van der Waals surface area contributed by atoms with E-state index < -0.39 is 11.9 Å². The van der Waals surface area contributed by atoms with Crippen LogP contribution >= 0.6 is 15.9 Å². The molecule has 0 saturated heterocycles. The summed E-state index contributed by atoms with van der Waals surface area (Å²) in [5, 5.41) is 5.40. The van der Waals surface area contributed by atoms with Gasteiger partial charge in [0.15, 0.2) is 6.61 Å².